The minimum absolute atomic E-state index is 0.180. The van der Waals surface area contributed by atoms with Gasteiger partial charge in [-0.25, -0.2) is 0 Å². The van der Waals surface area contributed by atoms with Crippen LogP contribution in [0.15, 0.2) is 35.5 Å². The minimum Gasteiger partial charge on any atom is -0.493 e. The van der Waals surface area contributed by atoms with E-state index in [-0.39, 0.29) is 12.0 Å². The Morgan fingerprint density at radius 1 is 1.41 bits per heavy atom. The van der Waals surface area contributed by atoms with Crippen LogP contribution in [0.4, 0.5) is 0 Å². The SMILES string of the molecule is CCOc1cc(C(=N)N(C)C)ccc1C1=NO[C@H](CNC(=O)c2ccc(Cl)s2)C1. The van der Waals surface area contributed by atoms with Gasteiger partial charge in [0.2, 0.25) is 0 Å². The number of benzene rings is 1. The molecule has 0 saturated heterocycles. The van der Waals surface area contributed by atoms with Crippen LogP contribution < -0.4 is 10.1 Å². The van der Waals surface area contributed by atoms with Crippen LogP contribution in [0.25, 0.3) is 0 Å². The van der Waals surface area contributed by atoms with Crippen LogP contribution >= 0.6 is 22.9 Å². The molecule has 0 aliphatic carbocycles. The zero-order chi connectivity index (χ0) is 21.0. The van der Waals surface area contributed by atoms with E-state index in [0.29, 0.717) is 40.4 Å². The van der Waals surface area contributed by atoms with Gasteiger partial charge in [-0.2, -0.15) is 0 Å². The molecule has 7 nitrogen and oxygen atoms in total. The second kappa shape index (κ2) is 9.28. The van der Waals surface area contributed by atoms with Crippen molar-refractivity contribution >= 4 is 40.4 Å². The first kappa shape index (κ1) is 21.1. The number of nitrogens with one attached hydrogen (secondary N) is 2. The highest BCUT2D eigenvalue weighted by molar-refractivity contribution is 7.18. The Morgan fingerprint density at radius 3 is 2.86 bits per heavy atom. The summed E-state index contributed by atoms with van der Waals surface area (Å²) < 4.78 is 6.36. The summed E-state index contributed by atoms with van der Waals surface area (Å²) in [6.07, 6.45) is 0.300. The van der Waals surface area contributed by atoms with Crippen molar-refractivity contribution in [3.63, 3.8) is 0 Å². The van der Waals surface area contributed by atoms with Gasteiger partial charge in [0, 0.05) is 31.6 Å². The Hall–Kier alpha value is -2.58. The third-order valence-corrected chi connectivity index (χ3v) is 5.56. The van der Waals surface area contributed by atoms with Crippen LogP contribution in [-0.4, -0.2) is 55.7 Å². The molecule has 0 fully saturated rings. The highest BCUT2D eigenvalue weighted by atomic mass is 35.5. The Bertz CT molecular complexity index is 942. The van der Waals surface area contributed by atoms with Gasteiger partial charge >= 0.3 is 0 Å². The maximum absolute atomic E-state index is 12.2. The number of carbonyl (C=O) groups is 1. The largest absolute Gasteiger partial charge is 0.493 e. The van der Waals surface area contributed by atoms with E-state index in [4.69, 9.17) is 26.6 Å². The fourth-order valence-electron chi connectivity index (χ4n) is 2.87. The number of hydrogen-bond donors (Lipinski definition) is 2. The number of carbonyl (C=O) groups excluding carboxylic acids is 1. The molecule has 0 bridgehead atoms. The van der Waals surface area contributed by atoms with Crippen molar-refractivity contribution in [2.75, 3.05) is 27.2 Å². The molecular formula is C20H23ClN4O3S. The van der Waals surface area contributed by atoms with Gasteiger partial charge in [-0.05, 0) is 31.2 Å². The van der Waals surface area contributed by atoms with E-state index in [1.54, 1.807) is 17.0 Å². The number of hydrogen-bond acceptors (Lipinski definition) is 6. The van der Waals surface area contributed by atoms with Crippen LogP contribution in [0.3, 0.4) is 0 Å². The Morgan fingerprint density at radius 2 is 2.21 bits per heavy atom. The normalized spacial score (nSPS) is 15.4. The molecule has 2 aromatic rings. The zero-order valence-electron chi connectivity index (χ0n) is 16.5. The third kappa shape index (κ3) is 5.07. The number of amidine groups is 1. The van der Waals surface area contributed by atoms with Gasteiger partial charge in [-0.3, -0.25) is 10.2 Å². The van der Waals surface area contributed by atoms with Crippen molar-refractivity contribution < 1.29 is 14.4 Å². The lowest BCUT2D eigenvalue weighted by molar-refractivity contribution is 0.0755. The molecule has 1 aromatic carbocycles. The molecule has 0 radical (unpaired) electrons. The van der Waals surface area contributed by atoms with E-state index < -0.39 is 0 Å². The average Bonchev–Trinajstić information content (AvgIpc) is 3.35. The van der Waals surface area contributed by atoms with Crippen molar-refractivity contribution in [3.8, 4) is 5.75 Å². The van der Waals surface area contributed by atoms with Crippen LogP contribution in [0.1, 0.15) is 34.1 Å². The van der Waals surface area contributed by atoms with Gasteiger partial charge in [-0.1, -0.05) is 22.8 Å². The Kier molecular flexibility index (Phi) is 6.76. The number of oxime groups is 1. The van der Waals surface area contributed by atoms with Crippen LogP contribution in [0.2, 0.25) is 4.34 Å². The summed E-state index contributed by atoms with van der Waals surface area (Å²) in [5.41, 5.74) is 2.36. The number of ether oxygens (including phenoxy) is 1. The maximum Gasteiger partial charge on any atom is 0.261 e. The van der Waals surface area contributed by atoms with Crippen molar-refractivity contribution in [1.29, 1.82) is 5.41 Å². The summed E-state index contributed by atoms with van der Waals surface area (Å²) in [4.78, 5) is 20.0. The Labute approximate surface area is 178 Å². The van der Waals surface area contributed by atoms with Crippen molar-refractivity contribution in [1.82, 2.24) is 10.2 Å². The summed E-state index contributed by atoms with van der Waals surface area (Å²) >= 11 is 7.11. The number of thiophene rings is 1. The second-order valence-corrected chi connectivity index (χ2v) is 8.39. The average molecular weight is 435 g/mol. The zero-order valence-corrected chi connectivity index (χ0v) is 18.1. The van der Waals surface area contributed by atoms with Gasteiger partial charge in [0.1, 0.15) is 17.7 Å². The summed E-state index contributed by atoms with van der Waals surface area (Å²) in [6.45, 7) is 2.76. The number of amides is 1. The van der Waals surface area contributed by atoms with Gasteiger partial charge in [0.25, 0.3) is 5.91 Å². The van der Waals surface area contributed by atoms with Gasteiger partial charge in [0.05, 0.1) is 28.1 Å². The van der Waals surface area contributed by atoms with E-state index in [1.807, 2.05) is 39.2 Å². The molecule has 1 amide bonds. The lowest BCUT2D eigenvalue weighted by Gasteiger charge is -2.16. The second-order valence-electron chi connectivity index (χ2n) is 6.67. The topological polar surface area (TPSA) is 87.0 Å². The van der Waals surface area contributed by atoms with Crippen LogP contribution in [0, 0.1) is 5.41 Å². The standard InChI is InChI=1S/C20H23ClN4O3S/c1-4-27-16-9-12(19(22)25(2)3)5-6-14(16)15-10-13(28-24-15)11-23-20(26)17-7-8-18(21)29-17/h5-9,13,22H,4,10-11H2,1-3H3,(H,23,26)/t13-/m0/s1. The molecule has 1 aromatic heterocycles. The highest BCUT2D eigenvalue weighted by Crippen LogP contribution is 2.27. The molecule has 29 heavy (non-hydrogen) atoms. The van der Waals surface area contributed by atoms with Crippen molar-refractivity contribution in [3.05, 3.63) is 50.7 Å². The predicted octanol–water partition coefficient (Wildman–Crippen LogP) is 3.61. The van der Waals surface area contributed by atoms with E-state index in [2.05, 4.69) is 10.5 Å². The van der Waals surface area contributed by atoms with E-state index in [9.17, 15) is 4.79 Å². The number of nitrogens with zero attached hydrogens (tertiary/aromatic N) is 2. The molecule has 154 valence electrons. The highest BCUT2D eigenvalue weighted by Gasteiger charge is 2.25. The summed E-state index contributed by atoms with van der Waals surface area (Å²) in [6, 6.07) is 9.01. The fraction of sp³-hybridized carbons (Fsp3) is 0.350. The molecular weight excluding hydrogens is 412 g/mol. The first-order valence-corrected chi connectivity index (χ1v) is 10.4. The number of rotatable bonds is 7. The first-order chi connectivity index (χ1) is 13.9. The lowest BCUT2D eigenvalue weighted by Crippen LogP contribution is -2.31. The van der Waals surface area contributed by atoms with E-state index in [0.717, 1.165) is 16.8 Å². The molecule has 0 unspecified atom stereocenters. The lowest BCUT2D eigenvalue weighted by atomic mass is 10.0. The van der Waals surface area contributed by atoms with Crippen molar-refractivity contribution in [2.45, 2.75) is 19.4 Å². The summed E-state index contributed by atoms with van der Waals surface area (Å²) in [7, 11) is 3.66. The summed E-state index contributed by atoms with van der Waals surface area (Å²) in [5.74, 6) is 0.883. The van der Waals surface area contributed by atoms with Gasteiger partial charge in [-0.15, -0.1) is 11.3 Å². The Balaban J connectivity index is 1.65. The monoisotopic (exact) mass is 434 g/mol. The van der Waals surface area contributed by atoms with Crippen LogP contribution in [0.5, 0.6) is 5.75 Å². The molecule has 9 heteroatoms. The summed E-state index contributed by atoms with van der Waals surface area (Å²) in [5, 5.41) is 15.2. The molecule has 2 heterocycles. The smallest absolute Gasteiger partial charge is 0.261 e. The van der Waals surface area contributed by atoms with Gasteiger partial charge in [0.15, 0.2) is 0 Å². The molecule has 3 rings (SSSR count). The molecule has 2 N–H and O–H groups in total. The molecule has 0 spiro atoms. The quantitative estimate of drug-likeness (QED) is 0.514. The third-order valence-electron chi connectivity index (χ3n) is 4.33. The molecule has 1 aliphatic heterocycles. The predicted molar refractivity (Wildman–Crippen MR) is 116 cm³/mol. The molecule has 0 saturated carbocycles. The first-order valence-electron chi connectivity index (χ1n) is 9.18. The maximum atomic E-state index is 12.2. The number of halogens is 1. The minimum atomic E-state index is -0.251. The molecule has 1 aliphatic rings. The van der Waals surface area contributed by atoms with E-state index >= 15 is 0 Å². The van der Waals surface area contributed by atoms with Gasteiger partial charge < -0.3 is 19.8 Å². The van der Waals surface area contributed by atoms with Crippen LogP contribution in [-0.2, 0) is 4.84 Å². The fourth-order valence-corrected chi connectivity index (χ4v) is 3.83. The van der Waals surface area contributed by atoms with E-state index in [1.165, 1.54) is 11.3 Å². The molecule has 1 atom stereocenters. The van der Waals surface area contributed by atoms with Crippen molar-refractivity contribution in [2.24, 2.45) is 5.16 Å².